The second-order valence-corrected chi connectivity index (χ2v) is 4.09. The van der Waals surface area contributed by atoms with E-state index in [-0.39, 0.29) is 12.2 Å². The van der Waals surface area contributed by atoms with Crippen LogP contribution in [0.3, 0.4) is 0 Å². The number of hydrogen-bond acceptors (Lipinski definition) is 3. The van der Waals surface area contributed by atoms with Crippen molar-refractivity contribution in [3.63, 3.8) is 0 Å². The highest BCUT2D eigenvalue weighted by atomic mass is 19.1. The van der Waals surface area contributed by atoms with Crippen molar-refractivity contribution in [2.24, 2.45) is 0 Å². The first-order valence-electron chi connectivity index (χ1n) is 5.06. The average molecular weight is 224 g/mol. The third-order valence-corrected chi connectivity index (χ3v) is 2.65. The molecule has 0 atom stereocenters. The van der Waals surface area contributed by atoms with Gasteiger partial charge in [0.25, 0.3) is 0 Å². The number of carboxylic acid groups (broad SMARTS) is 1. The van der Waals surface area contributed by atoms with Gasteiger partial charge in [-0.3, -0.25) is 4.79 Å². The molecule has 1 aliphatic heterocycles. The second-order valence-electron chi connectivity index (χ2n) is 4.09. The lowest BCUT2D eigenvalue weighted by Crippen LogP contribution is -2.65. The van der Waals surface area contributed by atoms with Crippen LogP contribution in [0.25, 0.3) is 0 Å². The van der Waals surface area contributed by atoms with Crippen molar-refractivity contribution in [2.75, 3.05) is 18.4 Å². The zero-order chi connectivity index (χ0) is 11.6. The first-order valence-corrected chi connectivity index (χ1v) is 5.06. The Morgan fingerprint density at radius 2 is 2.31 bits per heavy atom. The quantitative estimate of drug-likeness (QED) is 0.715. The summed E-state index contributed by atoms with van der Waals surface area (Å²) in [4.78, 5) is 10.7. The molecule has 0 saturated carbocycles. The minimum Gasteiger partial charge on any atom is -0.481 e. The highest BCUT2D eigenvalue weighted by Crippen LogP contribution is 2.23. The molecule has 0 spiro atoms. The normalized spacial score (nSPS) is 17.6. The summed E-state index contributed by atoms with van der Waals surface area (Å²) in [7, 11) is 0. The predicted molar refractivity (Wildman–Crippen MR) is 57.9 cm³/mol. The van der Waals surface area contributed by atoms with Crippen molar-refractivity contribution in [2.45, 2.75) is 12.0 Å². The Kier molecular flexibility index (Phi) is 2.78. The molecular formula is C11H13FN2O2. The number of benzene rings is 1. The molecule has 0 radical (unpaired) electrons. The highest BCUT2D eigenvalue weighted by molar-refractivity contribution is 5.70. The van der Waals surface area contributed by atoms with E-state index >= 15 is 0 Å². The van der Waals surface area contributed by atoms with Gasteiger partial charge in [0.15, 0.2) is 0 Å². The van der Waals surface area contributed by atoms with Gasteiger partial charge in [-0.2, -0.15) is 0 Å². The lowest BCUT2D eigenvalue weighted by atomic mass is 9.88. The molecule has 1 aromatic carbocycles. The number of aliphatic carboxylic acids is 1. The van der Waals surface area contributed by atoms with Crippen molar-refractivity contribution in [3.8, 4) is 0 Å². The Labute approximate surface area is 92.5 Å². The van der Waals surface area contributed by atoms with Gasteiger partial charge in [-0.25, -0.2) is 4.39 Å². The third kappa shape index (κ3) is 2.30. The monoisotopic (exact) mass is 224 g/mol. The molecule has 5 heteroatoms. The van der Waals surface area contributed by atoms with Crippen LogP contribution in [0, 0.1) is 5.82 Å². The smallest absolute Gasteiger partial charge is 0.305 e. The van der Waals surface area contributed by atoms with Gasteiger partial charge in [0, 0.05) is 18.8 Å². The summed E-state index contributed by atoms with van der Waals surface area (Å²) in [5, 5.41) is 14.9. The van der Waals surface area contributed by atoms with Gasteiger partial charge in [0.1, 0.15) is 5.82 Å². The maximum Gasteiger partial charge on any atom is 0.305 e. The second kappa shape index (κ2) is 4.09. The van der Waals surface area contributed by atoms with Gasteiger partial charge in [0.2, 0.25) is 0 Å². The molecule has 1 heterocycles. The Balaban J connectivity index is 2.09. The molecule has 1 saturated heterocycles. The number of nitrogens with one attached hydrogen (secondary N) is 2. The van der Waals surface area contributed by atoms with Crippen LogP contribution in [-0.2, 0) is 4.79 Å². The van der Waals surface area contributed by atoms with E-state index in [1.54, 1.807) is 12.1 Å². The Hall–Kier alpha value is -1.62. The molecule has 1 fully saturated rings. The fraction of sp³-hybridized carbons (Fsp3) is 0.364. The molecule has 0 aromatic heterocycles. The van der Waals surface area contributed by atoms with E-state index < -0.39 is 11.5 Å². The Bertz CT molecular complexity index is 405. The van der Waals surface area contributed by atoms with Crippen LogP contribution in [0.1, 0.15) is 6.42 Å². The molecule has 0 bridgehead atoms. The molecule has 4 nitrogen and oxygen atoms in total. The molecule has 0 amide bonds. The van der Waals surface area contributed by atoms with Gasteiger partial charge < -0.3 is 15.7 Å². The fourth-order valence-corrected chi connectivity index (χ4v) is 1.85. The number of carbonyl (C=O) groups is 1. The summed E-state index contributed by atoms with van der Waals surface area (Å²) in [6.07, 6.45) is 0.0243. The molecule has 1 aliphatic rings. The molecular weight excluding hydrogens is 211 g/mol. The van der Waals surface area contributed by atoms with Crippen LogP contribution in [0.4, 0.5) is 10.1 Å². The summed E-state index contributed by atoms with van der Waals surface area (Å²) in [6, 6.07) is 6.04. The van der Waals surface area contributed by atoms with Gasteiger partial charge >= 0.3 is 5.97 Å². The lowest BCUT2D eigenvalue weighted by Gasteiger charge is -2.43. The number of rotatable bonds is 4. The van der Waals surface area contributed by atoms with Crippen molar-refractivity contribution >= 4 is 11.7 Å². The van der Waals surface area contributed by atoms with Crippen molar-refractivity contribution in [1.82, 2.24) is 5.32 Å². The summed E-state index contributed by atoms with van der Waals surface area (Å²) in [6.45, 7) is 1.16. The van der Waals surface area contributed by atoms with E-state index in [0.717, 1.165) is 0 Å². The maximum atomic E-state index is 13.0. The first-order chi connectivity index (χ1) is 7.60. The number of anilines is 1. The van der Waals surface area contributed by atoms with E-state index in [9.17, 15) is 9.18 Å². The number of hydrogen-bond donors (Lipinski definition) is 3. The minimum atomic E-state index is -0.856. The first kappa shape index (κ1) is 10.9. The van der Waals surface area contributed by atoms with Gasteiger partial charge in [-0.15, -0.1) is 0 Å². The molecule has 0 unspecified atom stereocenters. The topological polar surface area (TPSA) is 61.4 Å². The van der Waals surface area contributed by atoms with Crippen molar-refractivity contribution < 1.29 is 14.3 Å². The predicted octanol–water partition coefficient (Wildman–Crippen LogP) is 1.05. The molecule has 16 heavy (non-hydrogen) atoms. The molecule has 1 aromatic rings. The van der Waals surface area contributed by atoms with Crippen molar-refractivity contribution in [3.05, 3.63) is 30.1 Å². The molecule has 3 N–H and O–H groups in total. The van der Waals surface area contributed by atoms with Gasteiger partial charge in [-0.05, 0) is 18.2 Å². The maximum absolute atomic E-state index is 13.0. The van der Waals surface area contributed by atoms with E-state index in [1.807, 2.05) is 0 Å². The zero-order valence-electron chi connectivity index (χ0n) is 8.66. The van der Waals surface area contributed by atoms with Gasteiger partial charge in [0.05, 0.1) is 12.0 Å². The largest absolute Gasteiger partial charge is 0.481 e. The standard InChI is InChI=1S/C11H13FN2O2/c12-8-2-1-3-9(4-8)14-11(5-10(15)16)6-13-7-11/h1-4,13-14H,5-7H2,(H,15,16). The zero-order valence-corrected chi connectivity index (χ0v) is 8.66. The summed E-state index contributed by atoms with van der Waals surface area (Å²) in [5.74, 6) is -1.19. The van der Waals surface area contributed by atoms with Gasteiger partial charge in [-0.1, -0.05) is 6.07 Å². The molecule has 86 valence electrons. The van der Waals surface area contributed by atoms with Crippen LogP contribution >= 0.6 is 0 Å². The van der Waals surface area contributed by atoms with Crippen LogP contribution in [-0.4, -0.2) is 29.7 Å². The fourth-order valence-electron chi connectivity index (χ4n) is 1.85. The third-order valence-electron chi connectivity index (χ3n) is 2.65. The van der Waals surface area contributed by atoms with E-state index in [1.165, 1.54) is 12.1 Å². The minimum absolute atomic E-state index is 0.0243. The van der Waals surface area contributed by atoms with Crippen LogP contribution in [0.15, 0.2) is 24.3 Å². The highest BCUT2D eigenvalue weighted by Gasteiger charge is 2.38. The average Bonchev–Trinajstić information content (AvgIpc) is 2.13. The van der Waals surface area contributed by atoms with E-state index in [4.69, 9.17) is 5.11 Å². The van der Waals surface area contributed by atoms with Crippen molar-refractivity contribution in [1.29, 1.82) is 0 Å². The van der Waals surface area contributed by atoms with Crippen LogP contribution in [0.2, 0.25) is 0 Å². The Morgan fingerprint density at radius 3 is 2.81 bits per heavy atom. The number of carboxylic acids is 1. The van der Waals surface area contributed by atoms with E-state index in [0.29, 0.717) is 18.8 Å². The Morgan fingerprint density at radius 1 is 1.56 bits per heavy atom. The lowest BCUT2D eigenvalue weighted by molar-refractivity contribution is -0.138. The summed E-state index contributed by atoms with van der Waals surface area (Å²) < 4.78 is 13.0. The molecule has 2 rings (SSSR count). The molecule has 0 aliphatic carbocycles. The summed E-state index contributed by atoms with van der Waals surface area (Å²) >= 11 is 0. The SMILES string of the molecule is O=C(O)CC1(Nc2cccc(F)c2)CNC1. The van der Waals surface area contributed by atoms with E-state index in [2.05, 4.69) is 10.6 Å². The van der Waals surface area contributed by atoms with Crippen LogP contribution in [0.5, 0.6) is 0 Å². The number of halogens is 1. The summed E-state index contributed by atoms with van der Waals surface area (Å²) in [5.41, 5.74) is 0.127. The van der Waals surface area contributed by atoms with Crippen LogP contribution < -0.4 is 10.6 Å².